The Morgan fingerprint density at radius 1 is 1.37 bits per heavy atom. The lowest BCUT2D eigenvalue weighted by Crippen LogP contribution is -2.14. The topological polar surface area (TPSA) is 72.8 Å². The average Bonchev–Trinajstić information content (AvgIpc) is 2.78. The smallest absolute Gasteiger partial charge is 0.351 e. The summed E-state index contributed by atoms with van der Waals surface area (Å²) in [6.45, 7) is 0. The van der Waals surface area contributed by atoms with Crippen molar-refractivity contribution in [3.8, 4) is 5.75 Å². The number of hydrogen-bond donors (Lipinski definition) is 1. The van der Waals surface area contributed by atoms with Gasteiger partial charge in [-0.15, -0.1) is 11.3 Å². The first-order chi connectivity index (χ1) is 8.81. The van der Waals surface area contributed by atoms with E-state index in [-0.39, 0.29) is 4.88 Å². The lowest BCUT2D eigenvalue weighted by atomic mass is 10.1. The van der Waals surface area contributed by atoms with Crippen molar-refractivity contribution in [3.63, 3.8) is 0 Å². The van der Waals surface area contributed by atoms with Crippen LogP contribution in [0.2, 0.25) is 0 Å². The first-order valence-corrected chi connectivity index (χ1v) is 5.99. The lowest BCUT2D eigenvalue weighted by molar-refractivity contribution is -0.142. The van der Waals surface area contributed by atoms with Gasteiger partial charge in [-0.05, 0) is 0 Å². The molecule has 0 bridgehead atoms. The molecule has 0 aliphatic rings. The molecule has 1 rings (SSSR count). The third kappa shape index (κ3) is 3.63. The van der Waals surface area contributed by atoms with E-state index in [0.29, 0.717) is 11.3 Å². The van der Waals surface area contributed by atoms with Gasteiger partial charge >= 0.3 is 11.9 Å². The van der Waals surface area contributed by atoms with E-state index in [1.807, 2.05) is 0 Å². The van der Waals surface area contributed by atoms with Gasteiger partial charge in [0.2, 0.25) is 0 Å². The summed E-state index contributed by atoms with van der Waals surface area (Å²) in [7, 11) is 2.18. The molecule has 0 aliphatic carbocycles. The van der Waals surface area contributed by atoms with Crippen LogP contribution >= 0.6 is 11.3 Å². The highest BCUT2D eigenvalue weighted by Crippen LogP contribution is 2.41. The zero-order valence-corrected chi connectivity index (χ0v) is 11.1. The summed E-state index contributed by atoms with van der Waals surface area (Å²) in [6, 6.07) is 0.800. The molecular formula is C11H12F2O5S. The van der Waals surface area contributed by atoms with Crippen LogP contribution in [-0.2, 0) is 20.2 Å². The Bertz CT molecular complexity index is 483. The number of alkyl halides is 2. The number of aromatic hydroxyl groups is 1. The predicted molar refractivity (Wildman–Crippen MR) is 62.5 cm³/mol. The van der Waals surface area contributed by atoms with Crippen molar-refractivity contribution >= 4 is 23.3 Å². The second-order valence-electron chi connectivity index (χ2n) is 3.60. The van der Waals surface area contributed by atoms with Crippen LogP contribution in [0.25, 0.3) is 0 Å². The van der Waals surface area contributed by atoms with Crippen LogP contribution in [0, 0.1) is 0 Å². The van der Waals surface area contributed by atoms with Crippen molar-refractivity contribution in [1.29, 1.82) is 0 Å². The summed E-state index contributed by atoms with van der Waals surface area (Å²) in [5.74, 6) is -5.54. The maximum atomic E-state index is 13.8. The minimum Gasteiger partial charge on any atom is -0.506 e. The van der Waals surface area contributed by atoms with Crippen LogP contribution in [0.5, 0.6) is 5.75 Å². The van der Waals surface area contributed by atoms with Gasteiger partial charge in [-0.2, -0.15) is 0 Å². The molecule has 0 unspecified atom stereocenters. The molecule has 0 aliphatic heterocycles. The Morgan fingerprint density at radius 3 is 2.53 bits per heavy atom. The maximum Gasteiger partial charge on any atom is 0.351 e. The van der Waals surface area contributed by atoms with Crippen LogP contribution in [0.4, 0.5) is 8.78 Å². The molecule has 19 heavy (non-hydrogen) atoms. The standard InChI is InChI=1S/C11H12F2O5S/c1-17-8(15)3-4-11(12,13)7-5-6(14)9(19-7)10(16)18-2/h5,14H,3-4H2,1-2H3. The summed E-state index contributed by atoms with van der Waals surface area (Å²) in [5, 5.41) is 9.40. The molecule has 0 spiro atoms. The fourth-order valence-electron chi connectivity index (χ4n) is 1.28. The van der Waals surface area contributed by atoms with E-state index in [9.17, 15) is 23.5 Å². The van der Waals surface area contributed by atoms with E-state index in [4.69, 9.17) is 0 Å². The van der Waals surface area contributed by atoms with Crippen molar-refractivity contribution in [1.82, 2.24) is 0 Å². The number of esters is 2. The van der Waals surface area contributed by atoms with E-state index in [1.165, 1.54) is 0 Å². The number of rotatable bonds is 5. The Kier molecular flexibility index (Phi) is 4.82. The fraction of sp³-hybridized carbons (Fsp3) is 0.455. The quantitative estimate of drug-likeness (QED) is 0.843. The van der Waals surface area contributed by atoms with Gasteiger partial charge in [0, 0.05) is 12.5 Å². The summed E-state index contributed by atoms with van der Waals surface area (Å²) in [6.07, 6.45) is -1.23. The molecule has 0 saturated heterocycles. The highest BCUT2D eigenvalue weighted by Gasteiger charge is 2.36. The largest absolute Gasteiger partial charge is 0.506 e. The molecule has 106 valence electrons. The first-order valence-electron chi connectivity index (χ1n) is 5.18. The molecule has 0 radical (unpaired) electrons. The van der Waals surface area contributed by atoms with Crippen LogP contribution < -0.4 is 0 Å². The summed E-state index contributed by atoms with van der Waals surface area (Å²) in [4.78, 5) is 21.2. The van der Waals surface area contributed by atoms with Crippen molar-refractivity contribution in [2.45, 2.75) is 18.8 Å². The third-order valence-electron chi connectivity index (χ3n) is 2.31. The van der Waals surface area contributed by atoms with Gasteiger partial charge in [0.05, 0.1) is 25.5 Å². The lowest BCUT2D eigenvalue weighted by Gasteiger charge is -2.13. The van der Waals surface area contributed by atoms with Crippen LogP contribution in [0.1, 0.15) is 27.4 Å². The maximum absolute atomic E-state index is 13.8. The molecular weight excluding hydrogens is 282 g/mol. The van der Waals surface area contributed by atoms with Gasteiger partial charge < -0.3 is 14.6 Å². The van der Waals surface area contributed by atoms with E-state index < -0.39 is 41.3 Å². The molecule has 0 amide bonds. The minimum atomic E-state index is -3.33. The second kappa shape index (κ2) is 5.96. The van der Waals surface area contributed by atoms with Crippen molar-refractivity contribution in [2.75, 3.05) is 14.2 Å². The third-order valence-corrected chi connectivity index (χ3v) is 3.53. The number of carbonyl (C=O) groups is 2. The normalized spacial score (nSPS) is 11.2. The second-order valence-corrected chi connectivity index (χ2v) is 4.65. The highest BCUT2D eigenvalue weighted by atomic mass is 32.1. The Balaban J connectivity index is 2.89. The van der Waals surface area contributed by atoms with Crippen molar-refractivity contribution in [2.24, 2.45) is 0 Å². The summed E-state index contributed by atoms with van der Waals surface area (Å²) in [5.41, 5.74) is 0. The Morgan fingerprint density at radius 2 is 2.00 bits per heavy atom. The van der Waals surface area contributed by atoms with Gasteiger partial charge in [-0.1, -0.05) is 0 Å². The molecule has 1 aromatic heterocycles. The van der Waals surface area contributed by atoms with Gasteiger partial charge in [0.25, 0.3) is 5.92 Å². The molecule has 1 N–H and O–H groups in total. The summed E-state index contributed by atoms with van der Waals surface area (Å²) < 4.78 is 36.1. The van der Waals surface area contributed by atoms with Crippen LogP contribution in [0.15, 0.2) is 6.07 Å². The zero-order chi connectivity index (χ0) is 14.6. The summed E-state index contributed by atoms with van der Waals surface area (Å²) >= 11 is 0.432. The average molecular weight is 294 g/mol. The molecule has 8 heteroatoms. The molecule has 0 fully saturated rings. The number of carbonyl (C=O) groups excluding carboxylic acids is 2. The zero-order valence-electron chi connectivity index (χ0n) is 10.2. The number of halogens is 2. The van der Waals surface area contributed by atoms with Gasteiger partial charge in [-0.3, -0.25) is 4.79 Å². The first kappa shape index (κ1) is 15.4. The SMILES string of the molecule is COC(=O)CCC(F)(F)c1cc(O)c(C(=O)OC)s1. The van der Waals surface area contributed by atoms with E-state index in [2.05, 4.69) is 9.47 Å². The van der Waals surface area contributed by atoms with E-state index >= 15 is 0 Å². The fourth-order valence-corrected chi connectivity index (χ4v) is 2.26. The molecule has 0 atom stereocenters. The molecule has 1 aromatic rings. The van der Waals surface area contributed by atoms with E-state index in [0.717, 1.165) is 20.3 Å². The highest BCUT2D eigenvalue weighted by molar-refractivity contribution is 7.14. The van der Waals surface area contributed by atoms with Crippen LogP contribution in [0.3, 0.4) is 0 Å². The Labute approximate surface area is 111 Å². The van der Waals surface area contributed by atoms with Crippen molar-refractivity contribution < 1.29 is 33.0 Å². The van der Waals surface area contributed by atoms with Crippen molar-refractivity contribution in [3.05, 3.63) is 15.8 Å². The molecule has 1 heterocycles. The molecule has 5 nitrogen and oxygen atoms in total. The number of methoxy groups -OCH3 is 2. The molecule has 0 saturated carbocycles. The number of ether oxygens (including phenoxy) is 2. The number of hydrogen-bond acceptors (Lipinski definition) is 6. The van der Waals surface area contributed by atoms with E-state index in [1.54, 1.807) is 0 Å². The monoisotopic (exact) mass is 294 g/mol. The Hall–Kier alpha value is -1.70. The minimum absolute atomic E-state index is 0.296. The predicted octanol–water partition coefficient (Wildman–Crippen LogP) is 2.29. The van der Waals surface area contributed by atoms with Gasteiger partial charge in [0.15, 0.2) is 4.88 Å². The van der Waals surface area contributed by atoms with Gasteiger partial charge in [0.1, 0.15) is 5.75 Å². The van der Waals surface area contributed by atoms with Gasteiger partial charge in [-0.25, -0.2) is 13.6 Å². The number of thiophene rings is 1. The molecule has 0 aromatic carbocycles. The van der Waals surface area contributed by atoms with Crippen LogP contribution in [-0.4, -0.2) is 31.3 Å².